The highest BCUT2D eigenvalue weighted by Gasteiger charge is 2.14. The van der Waals surface area contributed by atoms with E-state index >= 15 is 0 Å². The van der Waals surface area contributed by atoms with Gasteiger partial charge in [-0.2, -0.15) is 0 Å². The Morgan fingerprint density at radius 2 is 1.46 bits per heavy atom. The lowest BCUT2D eigenvalue weighted by atomic mass is 10.1. The third-order valence-electron chi connectivity index (χ3n) is 3.81. The topological polar surface area (TPSA) is 113 Å². The van der Waals surface area contributed by atoms with Crippen molar-refractivity contribution in [2.75, 3.05) is 13.2 Å². The first-order valence-corrected chi connectivity index (χ1v) is 8.60. The number of nitro groups is 1. The molecule has 0 N–H and O–H groups in total. The van der Waals surface area contributed by atoms with Crippen LogP contribution in [0, 0.1) is 10.1 Å². The lowest BCUT2D eigenvalue weighted by Gasteiger charge is -2.06. The molecule has 0 unspecified atom stereocenters. The Balaban J connectivity index is 1.77. The third kappa shape index (κ3) is 6.01. The second kappa shape index (κ2) is 9.96. The quantitative estimate of drug-likeness (QED) is 0.267. The first-order valence-electron chi connectivity index (χ1n) is 8.60. The zero-order valence-electron chi connectivity index (χ0n) is 15.3. The number of benzene rings is 2. The van der Waals surface area contributed by atoms with E-state index < -0.39 is 23.3 Å². The third-order valence-corrected chi connectivity index (χ3v) is 3.81. The number of hydrogen-bond donors (Lipinski definition) is 0. The molecule has 0 amide bonds. The van der Waals surface area contributed by atoms with Gasteiger partial charge >= 0.3 is 5.97 Å². The summed E-state index contributed by atoms with van der Waals surface area (Å²) in [6, 6.07) is 11.6. The molecule has 28 heavy (non-hydrogen) atoms. The summed E-state index contributed by atoms with van der Waals surface area (Å²) in [4.78, 5) is 45.8. The summed E-state index contributed by atoms with van der Waals surface area (Å²) < 4.78 is 10.2. The molecular weight excluding hydrogens is 366 g/mol. The molecule has 0 aliphatic heterocycles. The van der Waals surface area contributed by atoms with Crippen molar-refractivity contribution in [1.82, 2.24) is 0 Å². The molecule has 146 valence electrons. The molecule has 0 spiro atoms. The van der Waals surface area contributed by atoms with Gasteiger partial charge in [-0.1, -0.05) is 0 Å². The maximum atomic E-state index is 12.1. The smallest absolute Gasteiger partial charge is 0.306 e. The van der Waals surface area contributed by atoms with Gasteiger partial charge in [-0.3, -0.25) is 24.5 Å². The number of esters is 1. The molecule has 0 aromatic heterocycles. The van der Waals surface area contributed by atoms with Crippen molar-refractivity contribution in [3.8, 4) is 5.75 Å². The molecule has 0 bridgehead atoms. The number of carbonyl (C=O) groups is 3. The lowest BCUT2D eigenvalue weighted by Crippen LogP contribution is -2.15. The van der Waals surface area contributed by atoms with Crippen molar-refractivity contribution in [2.24, 2.45) is 0 Å². The van der Waals surface area contributed by atoms with Gasteiger partial charge < -0.3 is 9.47 Å². The van der Waals surface area contributed by atoms with Gasteiger partial charge in [0.15, 0.2) is 18.2 Å². The van der Waals surface area contributed by atoms with E-state index in [1.807, 2.05) is 6.92 Å². The van der Waals surface area contributed by atoms with Crippen molar-refractivity contribution in [3.05, 3.63) is 69.8 Å². The fourth-order valence-corrected chi connectivity index (χ4v) is 2.33. The van der Waals surface area contributed by atoms with Gasteiger partial charge in [0.25, 0.3) is 5.69 Å². The maximum absolute atomic E-state index is 12.1. The van der Waals surface area contributed by atoms with E-state index in [0.717, 1.165) is 0 Å². The van der Waals surface area contributed by atoms with Gasteiger partial charge in [-0.25, -0.2) is 0 Å². The van der Waals surface area contributed by atoms with Crippen LogP contribution < -0.4 is 4.74 Å². The van der Waals surface area contributed by atoms with Crippen molar-refractivity contribution in [2.45, 2.75) is 19.8 Å². The van der Waals surface area contributed by atoms with Crippen LogP contribution in [0.5, 0.6) is 5.75 Å². The van der Waals surface area contributed by atoms with E-state index in [9.17, 15) is 24.5 Å². The molecule has 2 aromatic carbocycles. The van der Waals surface area contributed by atoms with Crippen LogP contribution in [0.25, 0.3) is 0 Å². The van der Waals surface area contributed by atoms with Gasteiger partial charge in [0, 0.05) is 29.7 Å². The summed E-state index contributed by atoms with van der Waals surface area (Å²) in [6.45, 7) is 1.89. The zero-order chi connectivity index (χ0) is 20.5. The number of carbonyl (C=O) groups excluding carboxylic acids is 3. The molecule has 0 saturated heterocycles. The zero-order valence-corrected chi connectivity index (χ0v) is 15.3. The minimum absolute atomic E-state index is 0.0431. The van der Waals surface area contributed by atoms with Gasteiger partial charge in [0.2, 0.25) is 0 Å². The first kappa shape index (κ1) is 20.8. The minimum atomic E-state index is -0.672. The standard InChI is InChI=1S/C20H19NO7/c1-2-27-17-9-5-14(6-10-17)18(22)11-12-20(24)28-13-19(23)15-3-7-16(8-4-15)21(25)26/h3-10H,2,11-13H2,1H3. The van der Waals surface area contributed by atoms with E-state index in [1.54, 1.807) is 24.3 Å². The molecule has 0 saturated carbocycles. The Morgan fingerprint density at radius 1 is 0.893 bits per heavy atom. The molecule has 0 radical (unpaired) electrons. The molecular formula is C20H19NO7. The molecule has 2 rings (SSSR count). The molecule has 2 aromatic rings. The number of ether oxygens (including phenoxy) is 2. The van der Waals surface area contributed by atoms with Crippen LogP contribution in [0.2, 0.25) is 0 Å². The average molecular weight is 385 g/mol. The van der Waals surface area contributed by atoms with Crippen LogP contribution in [0.1, 0.15) is 40.5 Å². The van der Waals surface area contributed by atoms with Gasteiger partial charge in [-0.15, -0.1) is 0 Å². The highest BCUT2D eigenvalue weighted by molar-refractivity contribution is 5.99. The lowest BCUT2D eigenvalue weighted by molar-refractivity contribution is -0.384. The molecule has 0 aliphatic rings. The van der Waals surface area contributed by atoms with Crippen LogP contribution in [-0.4, -0.2) is 35.7 Å². The SMILES string of the molecule is CCOc1ccc(C(=O)CCC(=O)OCC(=O)c2ccc([N+](=O)[O-])cc2)cc1. The summed E-state index contributed by atoms with van der Waals surface area (Å²) in [7, 11) is 0. The minimum Gasteiger partial charge on any atom is -0.494 e. The first-order chi connectivity index (χ1) is 13.4. The Kier molecular flexibility index (Phi) is 7.38. The largest absolute Gasteiger partial charge is 0.494 e. The summed E-state index contributed by atoms with van der Waals surface area (Å²) in [5.41, 5.74) is 0.517. The molecule has 0 aliphatic carbocycles. The summed E-state index contributed by atoms with van der Waals surface area (Å²) in [5, 5.41) is 10.6. The van der Waals surface area contributed by atoms with Crippen molar-refractivity contribution in [1.29, 1.82) is 0 Å². The van der Waals surface area contributed by atoms with E-state index in [4.69, 9.17) is 9.47 Å². The van der Waals surface area contributed by atoms with Crippen LogP contribution in [-0.2, 0) is 9.53 Å². The predicted octanol–water partition coefficient (Wildman–Crippen LogP) is 3.38. The summed E-state index contributed by atoms with van der Waals surface area (Å²) in [5.74, 6) is -0.722. The number of nitro benzene ring substituents is 1. The van der Waals surface area contributed by atoms with Crippen molar-refractivity contribution < 1.29 is 28.8 Å². The molecule has 8 heteroatoms. The van der Waals surface area contributed by atoms with E-state index in [0.29, 0.717) is 17.9 Å². The van der Waals surface area contributed by atoms with Gasteiger partial charge in [0.1, 0.15) is 5.75 Å². The summed E-state index contributed by atoms with van der Waals surface area (Å²) >= 11 is 0. The van der Waals surface area contributed by atoms with Gasteiger partial charge in [-0.05, 0) is 43.3 Å². The number of ketones is 2. The second-order valence-corrected chi connectivity index (χ2v) is 5.77. The summed E-state index contributed by atoms with van der Waals surface area (Å²) in [6.07, 6.45) is -0.196. The van der Waals surface area contributed by atoms with E-state index in [1.165, 1.54) is 24.3 Å². The second-order valence-electron chi connectivity index (χ2n) is 5.77. The van der Waals surface area contributed by atoms with E-state index in [-0.39, 0.29) is 29.9 Å². The molecule has 0 atom stereocenters. The highest BCUT2D eigenvalue weighted by atomic mass is 16.6. The fraction of sp³-hybridized carbons (Fsp3) is 0.250. The Bertz CT molecular complexity index is 857. The van der Waals surface area contributed by atoms with Gasteiger partial charge in [0.05, 0.1) is 18.0 Å². The Hall–Kier alpha value is -3.55. The van der Waals surface area contributed by atoms with E-state index in [2.05, 4.69) is 0 Å². The fourth-order valence-electron chi connectivity index (χ4n) is 2.33. The number of nitrogens with zero attached hydrogens (tertiary/aromatic N) is 1. The monoisotopic (exact) mass is 385 g/mol. The maximum Gasteiger partial charge on any atom is 0.306 e. The van der Waals surface area contributed by atoms with Crippen LogP contribution in [0.4, 0.5) is 5.69 Å². The van der Waals surface area contributed by atoms with Crippen molar-refractivity contribution >= 4 is 23.2 Å². The normalized spacial score (nSPS) is 10.2. The molecule has 0 fully saturated rings. The van der Waals surface area contributed by atoms with Crippen LogP contribution in [0.15, 0.2) is 48.5 Å². The average Bonchev–Trinajstić information content (AvgIpc) is 2.71. The Morgan fingerprint density at radius 3 is 2.04 bits per heavy atom. The number of non-ortho nitro benzene ring substituents is 1. The van der Waals surface area contributed by atoms with Crippen LogP contribution in [0.3, 0.4) is 0 Å². The number of rotatable bonds is 10. The predicted molar refractivity (Wildman–Crippen MR) is 99.6 cm³/mol. The number of hydrogen-bond acceptors (Lipinski definition) is 7. The molecule has 0 heterocycles. The highest BCUT2D eigenvalue weighted by Crippen LogP contribution is 2.15. The Labute approximate surface area is 161 Å². The van der Waals surface area contributed by atoms with Crippen LogP contribution >= 0.6 is 0 Å². The molecule has 8 nitrogen and oxygen atoms in total. The number of Topliss-reactive ketones (excluding diaryl/α,β-unsaturated/α-hetero) is 2. The van der Waals surface area contributed by atoms with Crippen molar-refractivity contribution in [3.63, 3.8) is 0 Å².